The Hall–Kier alpha value is -3.83. The molecule has 3 aromatic heterocycles. The van der Waals surface area contributed by atoms with Crippen LogP contribution in [-0.4, -0.2) is 51.0 Å². The van der Waals surface area contributed by atoms with Gasteiger partial charge in [-0.05, 0) is 51.5 Å². The average molecular weight is 600 g/mol. The second kappa shape index (κ2) is 12.6. The third-order valence-electron chi connectivity index (χ3n) is 7.09. The smallest absolute Gasteiger partial charge is 0.272 e. The minimum absolute atomic E-state index is 0.147. The van der Waals surface area contributed by atoms with Gasteiger partial charge in [-0.25, -0.2) is 18.7 Å². The van der Waals surface area contributed by atoms with E-state index in [-0.39, 0.29) is 6.61 Å². The highest BCUT2D eigenvalue weighted by Crippen LogP contribution is 2.40. The van der Waals surface area contributed by atoms with Gasteiger partial charge in [0.2, 0.25) is 0 Å². The Balaban J connectivity index is 1.57. The van der Waals surface area contributed by atoms with E-state index in [9.17, 15) is 13.9 Å². The van der Waals surface area contributed by atoms with Crippen LogP contribution in [0.5, 0.6) is 11.5 Å². The fourth-order valence-corrected chi connectivity index (χ4v) is 5.26. The van der Waals surface area contributed by atoms with Gasteiger partial charge in [-0.15, -0.1) is 0 Å². The van der Waals surface area contributed by atoms with Crippen molar-refractivity contribution in [1.29, 1.82) is 0 Å². The summed E-state index contributed by atoms with van der Waals surface area (Å²) in [5.41, 5.74) is 4.83. The van der Waals surface area contributed by atoms with Crippen LogP contribution >= 0.6 is 11.6 Å². The lowest BCUT2D eigenvalue weighted by Crippen LogP contribution is -2.19. The van der Waals surface area contributed by atoms with E-state index < -0.39 is 19.1 Å². The van der Waals surface area contributed by atoms with E-state index in [0.29, 0.717) is 70.4 Å². The lowest BCUT2D eigenvalue weighted by Gasteiger charge is -2.22. The third-order valence-corrected chi connectivity index (χ3v) is 7.42. The molecule has 0 amide bonds. The fourth-order valence-electron chi connectivity index (χ4n) is 5.06. The number of pyridine rings is 1. The van der Waals surface area contributed by atoms with Crippen LogP contribution in [0.2, 0.25) is 5.02 Å². The van der Waals surface area contributed by atoms with E-state index in [1.54, 1.807) is 30.5 Å². The van der Waals surface area contributed by atoms with Gasteiger partial charge in [0.05, 0.1) is 46.9 Å². The Labute approximate surface area is 247 Å². The molecule has 0 bridgehead atoms. The van der Waals surface area contributed by atoms with Crippen LogP contribution in [0, 0.1) is 20.8 Å². The highest BCUT2D eigenvalue weighted by Gasteiger charge is 2.29. The van der Waals surface area contributed by atoms with Crippen molar-refractivity contribution >= 4 is 17.4 Å². The molecule has 0 fully saturated rings. The number of aliphatic hydroxyl groups is 1. The van der Waals surface area contributed by atoms with Crippen molar-refractivity contribution in [2.24, 2.45) is 0 Å². The molecule has 5 rings (SSSR count). The number of aliphatic hydroxyl groups excluding tert-OH is 1. The standard InChI is InChI=1S/C30H32ClF2N5O4/c1-5-6-19(39)14-40-20-7-8-23(31)21(11-20)29-35-28(27-17(3)37-42-18(27)4)16(2)30(36-29)38-12-22-24(13-38)34-10-9-25(22)41-15-26(32)33/h7-11,19,26,39H,5-6,12-15H2,1-4H3/t19-/m1/s1. The molecule has 0 radical (unpaired) electrons. The molecule has 1 N–H and O–H groups in total. The predicted molar refractivity (Wildman–Crippen MR) is 154 cm³/mol. The van der Waals surface area contributed by atoms with Crippen molar-refractivity contribution in [3.8, 4) is 34.1 Å². The zero-order chi connectivity index (χ0) is 30.0. The van der Waals surface area contributed by atoms with Gasteiger partial charge in [0.25, 0.3) is 6.43 Å². The number of fused-ring (bicyclic) bond motifs is 1. The van der Waals surface area contributed by atoms with Gasteiger partial charge < -0.3 is 24.0 Å². The maximum Gasteiger partial charge on any atom is 0.272 e. The zero-order valence-corrected chi connectivity index (χ0v) is 24.6. The molecule has 0 aliphatic carbocycles. The van der Waals surface area contributed by atoms with Gasteiger partial charge in [0.15, 0.2) is 5.82 Å². The van der Waals surface area contributed by atoms with Gasteiger partial charge in [0, 0.05) is 22.9 Å². The third kappa shape index (κ3) is 6.17. The molecule has 1 aromatic carbocycles. The molecular weight excluding hydrogens is 568 g/mol. The SMILES string of the molecule is CCC[C@@H](O)COc1ccc(Cl)c(-c2nc(-c3c(C)noc3C)c(C)c(N3Cc4nccc(OCC(F)F)c4C3)n2)c1. The van der Waals surface area contributed by atoms with Gasteiger partial charge in [-0.3, -0.25) is 4.98 Å². The first-order chi connectivity index (χ1) is 20.2. The zero-order valence-electron chi connectivity index (χ0n) is 23.8. The summed E-state index contributed by atoms with van der Waals surface area (Å²) in [5.74, 6) is 2.47. The van der Waals surface area contributed by atoms with E-state index in [0.717, 1.165) is 28.8 Å². The summed E-state index contributed by atoms with van der Waals surface area (Å²) in [6.07, 6.45) is -0.138. The number of benzene rings is 1. The number of hydrogen-bond acceptors (Lipinski definition) is 9. The number of hydrogen-bond donors (Lipinski definition) is 1. The van der Waals surface area contributed by atoms with Crippen LogP contribution in [0.25, 0.3) is 22.6 Å². The Morgan fingerprint density at radius 2 is 1.90 bits per heavy atom. The molecule has 4 aromatic rings. The first-order valence-corrected chi connectivity index (χ1v) is 14.1. The lowest BCUT2D eigenvalue weighted by molar-refractivity contribution is 0.0814. The first-order valence-electron chi connectivity index (χ1n) is 13.7. The molecule has 1 atom stereocenters. The molecule has 4 heterocycles. The van der Waals surface area contributed by atoms with Crippen LogP contribution in [0.3, 0.4) is 0 Å². The number of rotatable bonds is 11. The highest BCUT2D eigenvalue weighted by molar-refractivity contribution is 6.33. The molecule has 42 heavy (non-hydrogen) atoms. The summed E-state index contributed by atoms with van der Waals surface area (Å²) in [6.45, 7) is 7.78. The van der Waals surface area contributed by atoms with E-state index in [4.69, 9.17) is 35.6 Å². The second-order valence-corrected chi connectivity index (χ2v) is 10.6. The lowest BCUT2D eigenvalue weighted by atomic mass is 10.0. The minimum atomic E-state index is -2.59. The monoisotopic (exact) mass is 599 g/mol. The van der Waals surface area contributed by atoms with Crippen molar-refractivity contribution in [3.05, 3.63) is 63.8 Å². The number of aryl methyl sites for hydroxylation is 2. The molecule has 1 aliphatic heterocycles. The van der Waals surface area contributed by atoms with Gasteiger partial charge in [-0.1, -0.05) is 30.1 Å². The molecule has 0 saturated heterocycles. The van der Waals surface area contributed by atoms with E-state index >= 15 is 0 Å². The Morgan fingerprint density at radius 1 is 1.10 bits per heavy atom. The minimum Gasteiger partial charge on any atom is -0.491 e. The van der Waals surface area contributed by atoms with Crippen LogP contribution < -0.4 is 14.4 Å². The normalized spacial score (nSPS) is 13.5. The number of ether oxygens (including phenoxy) is 2. The van der Waals surface area contributed by atoms with Crippen LogP contribution in [-0.2, 0) is 13.1 Å². The summed E-state index contributed by atoms with van der Waals surface area (Å²) < 4.78 is 42.5. The van der Waals surface area contributed by atoms with Gasteiger partial charge in [0.1, 0.15) is 36.3 Å². The second-order valence-electron chi connectivity index (χ2n) is 10.2. The number of halogens is 3. The average Bonchev–Trinajstić information content (AvgIpc) is 3.54. The molecule has 1 aliphatic rings. The quantitative estimate of drug-likeness (QED) is 0.207. The van der Waals surface area contributed by atoms with Crippen molar-refractivity contribution in [1.82, 2.24) is 20.1 Å². The van der Waals surface area contributed by atoms with Crippen LogP contribution in [0.4, 0.5) is 14.6 Å². The number of nitrogens with zero attached hydrogens (tertiary/aromatic N) is 5. The highest BCUT2D eigenvalue weighted by atomic mass is 35.5. The summed E-state index contributed by atoms with van der Waals surface area (Å²) >= 11 is 6.67. The summed E-state index contributed by atoms with van der Waals surface area (Å²) in [7, 11) is 0. The summed E-state index contributed by atoms with van der Waals surface area (Å²) in [4.78, 5) is 16.4. The van der Waals surface area contributed by atoms with Gasteiger partial charge in [-0.2, -0.15) is 0 Å². The number of anilines is 1. The molecule has 12 heteroatoms. The molecule has 0 unspecified atom stereocenters. The molecular formula is C30H32ClF2N5O4. The maximum absolute atomic E-state index is 12.9. The molecule has 0 spiro atoms. The van der Waals surface area contributed by atoms with Crippen LogP contribution in [0.15, 0.2) is 35.0 Å². The molecule has 222 valence electrons. The summed E-state index contributed by atoms with van der Waals surface area (Å²) in [5, 5.41) is 14.7. The molecule has 0 saturated carbocycles. The Morgan fingerprint density at radius 3 is 2.62 bits per heavy atom. The van der Waals surface area contributed by atoms with Crippen LogP contribution in [0.1, 0.15) is 48.0 Å². The largest absolute Gasteiger partial charge is 0.491 e. The topological polar surface area (TPSA) is 107 Å². The van der Waals surface area contributed by atoms with Crippen molar-refractivity contribution in [2.45, 2.75) is 66.2 Å². The summed E-state index contributed by atoms with van der Waals surface area (Å²) in [6, 6.07) is 6.79. The number of aromatic nitrogens is 4. The maximum atomic E-state index is 12.9. The fraction of sp³-hybridized carbons (Fsp3) is 0.400. The van der Waals surface area contributed by atoms with Crippen molar-refractivity contribution in [3.63, 3.8) is 0 Å². The predicted octanol–water partition coefficient (Wildman–Crippen LogP) is 6.48. The van der Waals surface area contributed by atoms with E-state index in [1.807, 2.05) is 32.6 Å². The Bertz CT molecular complexity index is 1560. The van der Waals surface area contributed by atoms with E-state index in [2.05, 4.69) is 10.1 Å². The Kier molecular flexibility index (Phi) is 8.88. The van der Waals surface area contributed by atoms with E-state index in [1.165, 1.54) is 0 Å². The number of alkyl halides is 2. The first kappa shape index (κ1) is 29.7. The van der Waals surface area contributed by atoms with Crippen molar-refractivity contribution < 1.29 is 27.9 Å². The van der Waals surface area contributed by atoms with Gasteiger partial charge >= 0.3 is 0 Å². The van der Waals surface area contributed by atoms with Crippen molar-refractivity contribution in [2.75, 3.05) is 18.1 Å². The molecule has 9 nitrogen and oxygen atoms in total.